The van der Waals surface area contributed by atoms with E-state index in [2.05, 4.69) is 29.8 Å². The first-order valence-electron chi connectivity index (χ1n) is 10.8. The minimum Gasteiger partial charge on any atom is -0.293 e. The summed E-state index contributed by atoms with van der Waals surface area (Å²) in [6, 6.07) is 6.08. The van der Waals surface area contributed by atoms with Gasteiger partial charge in [0.1, 0.15) is 5.40 Å². The molecular formula is C25H24BrCl6NO2S. The van der Waals surface area contributed by atoms with Crippen LogP contribution in [0.5, 0.6) is 0 Å². The Kier molecular flexibility index (Phi) is 15.1. The third-order valence-corrected chi connectivity index (χ3v) is 8.65. The fourth-order valence-electron chi connectivity index (χ4n) is 2.98. The number of Topliss-reactive ketones (excluding diaryl/α,β-unsaturated/α-hetero) is 2. The summed E-state index contributed by atoms with van der Waals surface area (Å²) in [5.41, 5.74) is 0.861. The third-order valence-electron chi connectivity index (χ3n) is 4.67. The quantitative estimate of drug-likeness (QED) is 0.113. The number of halogens is 7. The highest BCUT2D eigenvalue weighted by Gasteiger charge is 2.24. The fourth-order valence-corrected chi connectivity index (χ4v) is 6.04. The Labute approximate surface area is 255 Å². The number of thiocyanates is 1. The second-order valence-electron chi connectivity index (χ2n) is 8.66. The van der Waals surface area contributed by atoms with Crippen molar-refractivity contribution in [3.05, 3.63) is 65.5 Å². The number of carbonyl (C=O) groups is 2. The largest absolute Gasteiger partial charge is 0.293 e. The number of nitriles is 1. The van der Waals surface area contributed by atoms with Gasteiger partial charge in [0.25, 0.3) is 0 Å². The topological polar surface area (TPSA) is 57.9 Å². The van der Waals surface area contributed by atoms with Crippen LogP contribution in [0, 0.1) is 22.5 Å². The van der Waals surface area contributed by atoms with Gasteiger partial charge in [-0.1, -0.05) is 113 Å². The number of alkyl halides is 1. The van der Waals surface area contributed by atoms with Gasteiger partial charge in [-0.15, -0.1) is 0 Å². The lowest BCUT2D eigenvalue weighted by molar-refractivity contribution is 0.0976. The molecule has 0 aliphatic rings. The van der Waals surface area contributed by atoms with Crippen molar-refractivity contribution in [3.63, 3.8) is 0 Å². The van der Waals surface area contributed by atoms with E-state index in [4.69, 9.17) is 74.9 Å². The maximum Gasteiger partial charge on any atom is 0.176 e. The standard InChI is InChI=1S/C13H12Cl3NOS.C12H12BrCl3O/c1-7(2)3-11(19-6-17)13(18)8-4-9(14)12(16)10(15)5-8;1-6(2)3-8(13)12(17)7-4-9(14)11(16)10(15)5-7/h4-5,7,11H,3H2,1-2H3;4-6,8H,3H2,1-2H3. The molecular weight excluding hydrogens is 671 g/mol. The minimum absolute atomic E-state index is 0.0285. The van der Waals surface area contributed by atoms with Gasteiger partial charge >= 0.3 is 0 Å². The summed E-state index contributed by atoms with van der Waals surface area (Å²) in [5, 5.41) is 11.9. The molecule has 2 aromatic rings. The monoisotopic (exact) mass is 691 g/mol. The number of hydrogen-bond acceptors (Lipinski definition) is 4. The van der Waals surface area contributed by atoms with E-state index in [1.54, 1.807) is 12.1 Å². The number of carbonyl (C=O) groups excluding carboxylic acids is 2. The van der Waals surface area contributed by atoms with Gasteiger partial charge in [-0.2, -0.15) is 5.26 Å². The highest BCUT2D eigenvalue weighted by Crippen LogP contribution is 2.34. The Morgan fingerprint density at radius 3 is 1.47 bits per heavy atom. The molecule has 2 rings (SSSR count). The normalized spacial score (nSPS) is 12.6. The third kappa shape index (κ3) is 10.5. The predicted octanol–water partition coefficient (Wildman–Crippen LogP) is 11.1. The van der Waals surface area contributed by atoms with Crippen LogP contribution >= 0.6 is 97.3 Å². The highest BCUT2D eigenvalue weighted by atomic mass is 79.9. The predicted molar refractivity (Wildman–Crippen MR) is 160 cm³/mol. The molecule has 0 aromatic heterocycles. The van der Waals surface area contributed by atoms with Gasteiger partial charge in [-0.25, -0.2) is 0 Å². The Hall–Kier alpha value is -0.160. The van der Waals surface area contributed by atoms with Gasteiger partial charge in [0, 0.05) is 11.1 Å². The molecule has 0 fully saturated rings. The molecule has 0 radical (unpaired) electrons. The van der Waals surface area contributed by atoms with E-state index in [0.717, 1.165) is 18.2 Å². The molecule has 0 N–H and O–H groups in total. The van der Waals surface area contributed by atoms with Crippen molar-refractivity contribution in [1.82, 2.24) is 0 Å². The van der Waals surface area contributed by atoms with Gasteiger partial charge in [0.2, 0.25) is 0 Å². The number of rotatable bonds is 9. The van der Waals surface area contributed by atoms with Crippen molar-refractivity contribution >= 4 is 109 Å². The van der Waals surface area contributed by atoms with E-state index >= 15 is 0 Å². The maximum absolute atomic E-state index is 12.4. The van der Waals surface area contributed by atoms with Crippen molar-refractivity contribution < 1.29 is 9.59 Å². The number of ketones is 2. The Balaban J connectivity index is 0.000000362. The summed E-state index contributed by atoms with van der Waals surface area (Å²) in [5.74, 6) is 0.564. The zero-order valence-electron chi connectivity index (χ0n) is 19.9. The number of hydrogen-bond donors (Lipinski definition) is 0. The zero-order chi connectivity index (χ0) is 27.7. The molecule has 0 saturated heterocycles. The first kappa shape index (κ1) is 33.9. The van der Waals surface area contributed by atoms with E-state index in [0.29, 0.717) is 39.4 Å². The fraction of sp³-hybridized carbons (Fsp3) is 0.400. The van der Waals surface area contributed by atoms with Gasteiger partial charge in [-0.05, 0) is 60.7 Å². The Morgan fingerprint density at radius 1 is 0.778 bits per heavy atom. The molecule has 196 valence electrons. The molecule has 2 aromatic carbocycles. The Bertz CT molecular complexity index is 1090. The molecule has 0 bridgehead atoms. The van der Waals surface area contributed by atoms with Crippen molar-refractivity contribution in [1.29, 1.82) is 5.26 Å². The molecule has 3 nitrogen and oxygen atoms in total. The average molecular weight is 695 g/mol. The molecule has 2 unspecified atom stereocenters. The molecule has 36 heavy (non-hydrogen) atoms. The van der Waals surface area contributed by atoms with Crippen molar-refractivity contribution in [3.8, 4) is 5.40 Å². The summed E-state index contributed by atoms with van der Waals surface area (Å²) in [7, 11) is 0. The van der Waals surface area contributed by atoms with Gasteiger partial charge in [0.15, 0.2) is 11.6 Å². The first-order chi connectivity index (χ1) is 16.7. The van der Waals surface area contributed by atoms with E-state index in [1.165, 1.54) is 12.1 Å². The van der Waals surface area contributed by atoms with E-state index in [1.807, 2.05) is 19.2 Å². The maximum atomic E-state index is 12.4. The van der Waals surface area contributed by atoms with E-state index in [-0.39, 0.29) is 36.5 Å². The number of nitrogens with zero attached hydrogens (tertiary/aromatic N) is 1. The SMILES string of the molecule is CC(C)CC(Br)C(=O)c1cc(Cl)c(Cl)c(Cl)c1.CC(C)CC(SC#N)C(=O)c1cc(Cl)c(Cl)c(Cl)c1. The van der Waals surface area contributed by atoms with Crippen LogP contribution in [0.15, 0.2) is 24.3 Å². The second-order valence-corrected chi connectivity index (χ2v) is 13.1. The van der Waals surface area contributed by atoms with Crippen LogP contribution in [0.1, 0.15) is 61.3 Å². The van der Waals surface area contributed by atoms with Crippen molar-refractivity contribution in [2.45, 2.75) is 50.6 Å². The summed E-state index contributed by atoms with van der Waals surface area (Å²) in [6.45, 7) is 8.12. The van der Waals surface area contributed by atoms with Crippen molar-refractivity contribution in [2.75, 3.05) is 0 Å². The van der Waals surface area contributed by atoms with Gasteiger partial charge < -0.3 is 0 Å². The van der Waals surface area contributed by atoms with Gasteiger partial charge in [-0.3, -0.25) is 9.59 Å². The van der Waals surface area contributed by atoms with Crippen LogP contribution in [-0.2, 0) is 0 Å². The molecule has 0 spiro atoms. The number of thioether (sulfide) groups is 1. The first-order valence-corrected chi connectivity index (χ1v) is 14.8. The lowest BCUT2D eigenvalue weighted by atomic mass is 10.0. The van der Waals surface area contributed by atoms with Crippen LogP contribution in [-0.4, -0.2) is 21.6 Å². The minimum atomic E-state index is -0.418. The number of benzene rings is 2. The molecule has 0 aliphatic carbocycles. The summed E-state index contributed by atoms with van der Waals surface area (Å²) in [6.07, 6.45) is 1.38. The van der Waals surface area contributed by atoms with Crippen LogP contribution in [0.3, 0.4) is 0 Å². The van der Waals surface area contributed by atoms with Crippen LogP contribution in [0.2, 0.25) is 30.1 Å². The molecule has 0 aliphatic heterocycles. The average Bonchev–Trinajstić information content (AvgIpc) is 2.78. The van der Waals surface area contributed by atoms with Crippen LogP contribution in [0.25, 0.3) is 0 Å². The summed E-state index contributed by atoms with van der Waals surface area (Å²) < 4.78 is 0. The van der Waals surface area contributed by atoms with Crippen LogP contribution in [0.4, 0.5) is 0 Å². The molecule has 0 amide bonds. The lowest BCUT2D eigenvalue weighted by Gasteiger charge is -2.14. The molecule has 0 heterocycles. The van der Waals surface area contributed by atoms with Crippen LogP contribution < -0.4 is 0 Å². The molecule has 2 atom stereocenters. The summed E-state index contributed by atoms with van der Waals surface area (Å²) >= 11 is 39.6. The molecule has 11 heteroatoms. The van der Waals surface area contributed by atoms with Crippen molar-refractivity contribution in [2.24, 2.45) is 11.8 Å². The second kappa shape index (κ2) is 16.1. The Morgan fingerprint density at radius 2 is 1.14 bits per heavy atom. The van der Waals surface area contributed by atoms with Gasteiger partial charge in [0.05, 0.1) is 40.2 Å². The summed E-state index contributed by atoms with van der Waals surface area (Å²) in [4.78, 5) is 24.2. The van der Waals surface area contributed by atoms with E-state index < -0.39 is 5.25 Å². The molecule has 0 saturated carbocycles. The highest BCUT2D eigenvalue weighted by molar-refractivity contribution is 9.10. The lowest BCUT2D eigenvalue weighted by Crippen LogP contribution is -2.19. The van der Waals surface area contributed by atoms with E-state index in [9.17, 15) is 9.59 Å². The zero-order valence-corrected chi connectivity index (χ0v) is 26.8. The smallest absolute Gasteiger partial charge is 0.176 e.